The van der Waals surface area contributed by atoms with E-state index in [4.69, 9.17) is 5.11 Å². The van der Waals surface area contributed by atoms with E-state index in [-0.39, 0.29) is 23.4 Å². The Labute approximate surface area is 195 Å². The lowest BCUT2D eigenvalue weighted by Gasteiger charge is -2.19. The maximum atomic E-state index is 12.8. The molecule has 0 saturated heterocycles. The van der Waals surface area contributed by atoms with Gasteiger partial charge in [0.2, 0.25) is 0 Å². The number of carboxylic acids is 1. The molecule has 4 N–H and O–H groups in total. The number of aliphatic hydroxyl groups is 1. The molecule has 2 aromatic carbocycles. The van der Waals surface area contributed by atoms with Crippen LogP contribution in [-0.4, -0.2) is 31.6 Å². The number of aromatic carboxylic acids is 1. The van der Waals surface area contributed by atoms with Gasteiger partial charge in [0.15, 0.2) is 0 Å². The Bertz CT molecular complexity index is 1460. The van der Waals surface area contributed by atoms with Crippen LogP contribution in [0.1, 0.15) is 45.8 Å². The number of nitrogens with one attached hydrogen (secondary N) is 2. The number of benzene rings is 2. The van der Waals surface area contributed by atoms with E-state index in [0.29, 0.717) is 10.9 Å². The first-order valence-corrected chi connectivity index (χ1v) is 10.7. The van der Waals surface area contributed by atoms with E-state index in [2.05, 4.69) is 10.3 Å². The first kappa shape index (κ1) is 23.0. The van der Waals surface area contributed by atoms with Crippen LogP contribution in [0.25, 0.3) is 22.0 Å². The van der Waals surface area contributed by atoms with Gasteiger partial charge in [-0.15, -0.1) is 0 Å². The number of carboxylic acid groups (broad SMARTS) is 1. The van der Waals surface area contributed by atoms with Crippen molar-refractivity contribution in [3.63, 3.8) is 0 Å². The van der Waals surface area contributed by atoms with Crippen molar-refractivity contribution in [2.24, 2.45) is 7.05 Å². The van der Waals surface area contributed by atoms with E-state index in [1.165, 1.54) is 16.7 Å². The Morgan fingerprint density at radius 2 is 1.79 bits per heavy atom. The van der Waals surface area contributed by atoms with Crippen LogP contribution in [0.3, 0.4) is 0 Å². The summed E-state index contributed by atoms with van der Waals surface area (Å²) in [6.45, 7) is 3.61. The summed E-state index contributed by atoms with van der Waals surface area (Å²) in [5.41, 5.74) is 2.46. The molecule has 0 atom stereocenters. The molecule has 0 unspecified atom stereocenters. The van der Waals surface area contributed by atoms with Crippen molar-refractivity contribution in [1.29, 1.82) is 0 Å². The molecule has 8 heteroatoms. The Morgan fingerprint density at radius 3 is 2.44 bits per heavy atom. The molecule has 34 heavy (non-hydrogen) atoms. The number of carbonyl (C=O) groups excluding carboxylic acids is 1. The second-order valence-electron chi connectivity index (χ2n) is 8.76. The first-order valence-electron chi connectivity index (χ1n) is 10.7. The van der Waals surface area contributed by atoms with Gasteiger partial charge < -0.3 is 25.1 Å². The lowest BCUT2D eigenvalue weighted by molar-refractivity contribution is 0.0696. The minimum atomic E-state index is -1.03. The van der Waals surface area contributed by atoms with Crippen LogP contribution in [0, 0.1) is 0 Å². The summed E-state index contributed by atoms with van der Waals surface area (Å²) in [5, 5.41) is 22.8. The predicted molar refractivity (Wildman–Crippen MR) is 129 cm³/mol. The molecule has 0 radical (unpaired) electrons. The lowest BCUT2D eigenvalue weighted by Crippen LogP contribution is -2.23. The molecule has 0 bridgehead atoms. The maximum Gasteiger partial charge on any atom is 0.335 e. The molecule has 174 valence electrons. The fourth-order valence-corrected chi connectivity index (χ4v) is 3.80. The minimum absolute atomic E-state index is 0.169. The zero-order valence-electron chi connectivity index (χ0n) is 19.0. The van der Waals surface area contributed by atoms with E-state index in [1.807, 2.05) is 24.3 Å². The van der Waals surface area contributed by atoms with Crippen molar-refractivity contribution < 1.29 is 19.8 Å². The monoisotopic (exact) mass is 459 g/mol. The minimum Gasteiger partial charge on any atom is -0.478 e. The van der Waals surface area contributed by atoms with Gasteiger partial charge in [0, 0.05) is 30.7 Å². The SMILES string of the molecule is Cn1cc(-c2cccc(C(C)(C)O)c2)c2cc(C(=O)NCc3ccc(C(=O)O)cc3)[nH]c2c1=O. The number of nitrogens with zero attached hydrogens (tertiary/aromatic N) is 1. The first-order chi connectivity index (χ1) is 16.0. The highest BCUT2D eigenvalue weighted by atomic mass is 16.4. The second-order valence-corrected chi connectivity index (χ2v) is 8.76. The summed E-state index contributed by atoms with van der Waals surface area (Å²) in [6.07, 6.45) is 1.72. The number of carbonyl (C=O) groups is 2. The number of H-pyrrole nitrogens is 1. The predicted octanol–water partition coefficient (Wildman–Crippen LogP) is 3.39. The van der Waals surface area contributed by atoms with Gasteiger partial charge in [-0.3, -0.25) is 9.59 Å². The molecule has 2 aromatic heterocycles. The van der Waals surface area contributed by atoms with Gasteiger partial charge in [-0.1, -0.05) is 30.3 Å². The Kier molecular flexibility index (Phi) is 5.85. The van der Waals surface area contributed by atoms with E-state index in [9.17, 15) is 19.5 Å². The highest BCUT2D eigenvalue weighted by molar-refractivity contribution is 6.02. The Balaban J connectivity index is 1.67. The van der Waals surface area contributed by atoms with Crippen molar-refractivity contribution in [2.45, 2.75) is 26.0 Å². The third-order valence-corrected chi connectivity index (χ3v) is 5.74. The molecule has 8 nitrogen and oxygen atoms in total. The molecular weight excluding hydrogens is 434 g/mol. The number of aryl methyl sites for hydroxylation is 1. The van der Waals surface area contributed by atoms with Crippen molar-refractivity contribution >= 4 is 22.8 Å². The van der Waals surface area contributed by atoms with Gasteiger partial charge >= 0.3 is 5.97 Å². The summed E-state index contributed by atoms with van der Waals surface area (Å²) in [7, 11) is 1.65. The van der Waals surface area contributed by atoms with Gasteiger partial charge in [-0.25, -0.2) is 4.79 Å². The van der Waals surface area contributed by atoms with Crippen LogP contribution in [0.5, 0.6) is 0 Å². The molecule has 1 amide bonds. The van der Waals surface area contributed by atoms with Crippen molar-refractivity contribution in [3.8, 4) is 11.1 Å². The number of hydrogen-bond donors (Lipinski definition) is 4. The average Bonchev–Trinajstić information content (AvgIpc) is 3.25. The van der Waals surface area contributed by atoms with Crippen LogP contribution in [0.4, 0.5) is 0 Å². The normalized spacial score (nSPS) is 11.5. The number of hydrogen-bond acceptors (Lipinski definition) is 4. The molecule has 2 heterocycles. The van der Waals surface area contributed by atoms with E-state index in [0.717, 1.165) is 22.3 Å². The lowest BCUT2D eigenvalue weighted by atomic mass is 9.94. The zero-order valence-corrected chi connectivity index (χ0v) is 19.0. The van der Waals surface area contributed by atoms with Crippen molar-refractivity contribution in [1.82, 2.24) is 14.9 Å². The quantitative estimate of drug-likeness (QED) is 0.352. The highest BCUT2D eigenvalue weighted by Crippen LogP contribution is 2.30. The summed E-state index contributed by atoms with van der Waals surface area (Å²) in [5.74, 6) is -1.41. The Hall–Kier alpha value is -4.17. The summed E-state index contributed by atoms with van der Waals surface area (Å²) >= 11 is 0. The smallest absolute Gasteiger partial charge is 0.335 e. The highest BCUT2D eigenvalue weighted by Gasteiger charge is 2.19. The third kappa shape index (κ3) is 4.49. The van der Waals surface area contributed by atoms with Gasteiger partial charge in [-0.05, 0) is 54.8 Å². The third-order valence-electron chi connectivity index (χ3n) is 5.74. The standard InChI is InChI=1S/C26H25N3O5/c1-26(2,34)18-6-4-5-17(11-18)20-14-29(3)24(31)22-19(20)12-21(28-22)23(30)27-13-15-7-9-16(10-8-15)25(32)33/h4-12,14,28,34H,13H2,1-3H3,(H,27,30)(H,32,33). The number of fused-ring (bicyclic) bond motifs is 1. The van der Waals surface area contributed by atoms with Gasteiger partial charge in [0.1, 0.15) is 11.2 Å². The summed E-state index contributed by atoms with van der Waals surface area (Å²) < 4.78 is 1.45. The second kappa shape index (κ2) is 8.64. The summed E-state index contributed by atoms with van der Waals surface area (Å²) in [6, 6.07) is 15.3. The number of aromatic amines is 1. The number of amides is 1. The fraction of sp³-hybridized carbons (Fsp3) is 0.192. The van der Waals surface area contributed by atoms with Gasteiger partial charge in [-0.2, -0.15) is 0 Å². The van der Waals surface area contributed by atoms with Crippen molar-refractivity contribution in [3.05, 3.63) is 93.5 Å². The van der Waals surface area contributed by atoms with E-state index >= 15 is 0 Å². The van der Waals surface area contributed by atoms with Crippen LogP contribution in [-0.2, 0) is 19.2 Å². The number of rotatable bonds is 6. The van der Waals surface area contributed by atoms with Crippen molar-refractivity contribution in [2.75, 3.05) is 0 Å². The van der Waals surface area contributed by atoms with Crippen LogP contribution < -0.4 is 10.9 Å². The zero-order chi connectivity index (χ0) is 24.6. The fourth-order valence-electron chi connectivity index (χ4n) is 3.80. The van der Waals surface area contributed by atoms with Crippen LogP contribution in [0.2, 0.25) is 0 Å². The molecule has 0 fully saturated rings. The molecule has 0 spiro atoms. The summed E-state index contributed by atoms with van der Waals surface area (Å²) in [4.78, 5) is 39.5. The number of aromatic nitrogens is 2. The van der Waals surface area contributed by atoms with Crippen LogP contribution in [0.15, 0.2) is 65.6 Å². The maximum absolute atomic E-state index is 12.8. The topological polar surface area (TPSA) is 124 Å². The van der Waals surface area contributed by atoms with Gasteiger partial charge in [0.05, 0.1) is 11.2 Å². The van der Waals surface area contributed by atoms with Crippen LogP contribution >= 0.6 is 0 Å². The largest absolute Gasteiger partial charge is 0.478 e. The molecule has 0 aliphatic heterocycles. The number of pyridine rings is 1. The van der Waals surface area contributed by atoms with E-state index < -0.39 is 17.5 Å². The average molecular weight is 460 g/mol. The van der Waals surface area contributed by atoms with Gasteiger partial charge in [0.25, 0.3) is 11.5 Å². The molecule has 0 saturated carbocycles. The molecule has 0 aliphatic carbocycles. The molecule has 4 aromatic rings. The Morgan fingerprint density at radius 1 is 1.09 bits per heavy atom. The molecule has 0 aliphatic rings. The molecule has 4 rings (SSSR count). The van der Waals surface area contributed by atoms with E-state index in [1.54, 1.807) is 45.3 Å². The molecular formula is C26H25N3O5.